The number of alkyl halides is 3. The van der Waals surface area contributed by atoms with Crippen molar-refractivity contribution >= 4 is 0 Å². The molecule has 4 heteroatoms. The van der Waals surface area contributed by atoms with Gasteiger partial charge >= 0.3 is 6.18 Å². The second-order valence-corrected chi connectivity index (χ2v) is 5.30. The number of hydrogen-bond donors (Lipinski definition) is 0. The molecule has 0 aliphatic heterocycles. The van der Waals surface area contributed by atoms with E-state index >= 15 is 0 Å². The van der Waals surface area contributed by atoms with Gasteiger partial charge in [-0.05, 0) is 48.1 Å². The summed E-state index contributed by atoms with van der Waals surface area (Å²) in [5.74, 6) is 0.771. The Bertz CT molecular complexity index is 616. The predicted molar refractivity (Wildman–Crippen MR) is 74.2 cm³/mol. The summed E-state index contributed by atoms with van der Waals surface area (Å²) in [6, 6.07) is 13.4. The van der Waals surface area contributed by atoms with E-state index in [1.165, 1.54) is 12.1 Å². The van der Waals surface area contributed by atoms with E-state index in [9.17, 15) is 13.2 Å². The Kier molecular flexibility index (Phi) is 3.62. The number of halogens is 3. The van der Waals surface area contributed by atoms with Crippen molar-refractivity contribution < 1.29 is 17.9 Å². The molecular formula is C17H15F3O. The molecule has 1 nitrogen and oxygen atoms in total. The van der Waals surface area contributed by atoms with Crippen LogP contribution in [0.3, 0.4) is 0 Å². The fourth-order valence-electron chi connectivity index (χ4n) is 2.30. The average Bonchev–Trinajstić information content (AvgIpc) is 3.29. The second kappa shape index (κ2) is 5.43. The summed E-state index contributed by atoms with van der Waals surface area (Å²) in [4.78, 5) is 0. The lowest BCUT2D eigenvalue weighted by Crippen LogP contribution is -2.06. The lowest BCUT2D eigenvalue weighted by atomic mass is 10.1. The molecule has 1 aliphatic rings. The topological polar surface area (TPSA) is 9.23 Å². The van der Waals surface area contributed by atoms with Crippen LogP contribution in [0.1, 0.15) is 35.4 Å². The van der Waals surface area contributed by atoms with Gasteiger partial charge in [0.15, 0.2) is 0 Å². The van der Waals surface area contributed by atoms with E-state index in [2.05, 4.69) is 0 Å². The molecule has 1 saturated carbocycles. The third-order valence-electron chi connectivity index (χ3n) is 3.59. The van der Waals surface area contributed by atoms with Gasteiger partial charge in [0, 0.05) is 0 Å². The second-order valence-electron chi connectivity index (χ2n) is 5.30. The SMILES string of the molecule is FC(F)(F)c1ccc(OCc2ccccc2)c(C2CC2)c1. The lowest BCUT2D eigenvalue weighted by Gasteiger charge is -2.14. The minimum absolute atomic E-state index is 0.207. The van der Waals surface area contributed by atoms with Crippen LogP contribution in [-0.4, -0.2) is 0 Å². The first-order chi connectivity index (χ1) is 10.0. The van der Waals surface area contributed by atoms with Gasteiger partial charge in [-0.15, -0.1) is 0 Å². The molecule has 1 fully saturated rings. The zero-order valence-corrected chi connectivity index (χ0v) is 11.4. The van der Waals surface area contributed by atoms with E-state index in [0.29, 0.717) is 17.9 Å². The van der Waals surface area contributed by atoms with Crippen molar-refractivity contribution in [1.29, 1.82) is 0 Å². The van der Waals surface area contributed by atoms with Crippen LogP contribution in [0.2, 0.25) is 0 Å². The maximum absolute atomic E-state index is 12.8. The van der Waals surface area contributed by atoms with E-state index in [0.717, 1.165) is 24.5 Å². The predicted octanol–water partition coefficient (Wildman–Crippen LogP) is 5.16. The van der Waals surface area contributed by atoms with E-state index in [1.54, 1.807) is 0 Å². The lowest BCUT2D eigenvalue weighted by molar-refractivity contribution is -0.137. The molecule has 0 atom stereocenters. The Morgan fingerprint density at radius 1 is 1.00 bits per heavy atom. The highest BCUT2D eigenvalue weighted by Crippen LogP contribution is 2.46. The number of benzene rings is 2. The maximum atomic E-state index is 12.8. The third kappa shape index (κ3) is 3.38. The molecule has 0 bridgehead atoms. The molecule has 2 aromatic rings. The number of rotatable bonds is 4. The zero-order valence-electron chi connectivity index (χ0n) is 11.4. The standard InChI is InChI=1S/C17H15F3O/c18-17(19,20)14-8-9-16(15(10-14)13-6-7-13)21-11-12-4-2-1-3-5-12/h1-5,8-10,13H,6-7,11H2. The van der Waals surface area contributed by atoms with Crippen LogP contribution in [0, 0.1) is 0 Å². The van der Waals surface area contributed by atoms with Crippen molar-refractivity contribution in [3.63, 3.8) is 0 Å². The van der Waals surface area contributed by atoms with Crippen molar-refractivity contribution in [2.75, 3.05) is 0 Å². The van der Waals surface area contributed by atoms with Crippen LogP contribution < -0.4 is 4.74 Å². The van der Waals surface area contributed by atoms with E-state index < -0.39 is 11.7 Å². The Labute approximate surface area is 121 Å². The molecule has 1 aliphatic carbocycles. The van der Waals surface area contributed by atoms with Crippen LogP contribution in [0.15, 0.2) is 48.5 Å². The van der Waals surface area contributed by atoms with Crippen molar-refractivity contribution in [1.82, 2.24) is 0 Å². The minimum atomic E-state index is -4.30. The summed E-state index contributed by atoms with van der Waals surface area (Å²) < 4.78 is 44.1. The van der Waals surface area contributed by atoms with Crippen molar-refractivity contribution in [3.8, 4) is 5.75 Å². The zero-order chi connectivity index (χ0) is 14.9. The normalized spacial score (nSPS) is 15.0. The molecule has 0 heterocycles. The summed E-state index contributed by atoms with van der Waals surface area (Å²) in [6.45, 7) is 0.367. The third-order valence-corrected chi connectivity index (χ3v) is 3.59. The highest BCUT2D eigenvalue weighted by Gasteiger charge is 2.34. The van der Waals surface area contributed by atoms with Gasteiger partial charge in [0.25, 0.3) is 0 Å². The van der Waals surface area contributed by atoms with Crippen molar-refractivity contribution in [2.24, 2.45) is 0 Å². The van der Waals surface area contributed by atoms with Gasteiger partial charge < -0.3 is 4.74 Å². The fraction of sp³-hybridized carbons (Fsp3) is 0.294. The van der Waals surface area contributed by atoms with Gasteiger partial charge in [-0.25, -0.2) is 0 Å². The molecule has 0 unspecified atom stereocenters. The molecule has 0 aromatic heterocycles. The summed E-state index contributed by atoms with van der Waals surface area (Å²) in [5, 5.41) is 0. The van der Waals surface area contributed by atoms with Crippen molar-refractivity contribution in [2.45, 2.75) is 31.5 Å². The van der Waals surface area contributed by atoms with Gasteiger partial charge in [0.05, 0.1) is 5.56 Å². The Morgan fingerprint density at radius 2 is 1.71 bits per heavy atom. The Balaban J connectivity index is 1.81. The van der Waals surface area contributed by atoms with Gasteiger partial charge in [-0.2, -0.15) is 13.2 Å². The van der Waals surface area contributed by atoms with Crippen molar-refractivity contribution in [3.05, 3.63) is 65.2 Å². The molecule has 0 N–H and O–H groups in total. The molecule has 110 valence electrons. The Hall–Kier alpha value is -1.97. The first-order valence-electron chi connectivity index (χ1n) is 6.92. The van der Waals surface area contributed by atoms with Crippen LogP contribution >= 0.6 is 0 Å². The molecule has 2 aromatic carbocycles. The number of ether oxygens (including phenoxy) is 1. The van der Waals surface area contributed by atoms with E-state index in [1.807, 2.05) is 30.3 Å². The largest absolute Gasteiger partial charge is 0.489 e. The molecule has 0 radical (unpaired) electrons. The van der Waals surface area contributed by atoms with Gasteiger partial charge in [0.2, 0.25) is 0 Å². The number of hydrogen-bond acceptors (Lipinski definition) is 1. The van der Waals surface area contributed by atoms with Crippen LogP contribution in [0.25, 0.3) is 0 Å². The maximum Gasteiger partial charge on any atom is 0.416 e. The fourth-order valence-corrected chi connectivity index (χ4v) is 2.30. The summed E-state index contributed by atoms with van der Waals surface area (Å²) >= 11 is 0. The van der Waals surface area contributed by atoms with Gasteiger partial charge in [-0.3, -0.25) is 0 Å². The molecule has 0 saturated heterocycles. The van der Waals surface area contributed by atoms with E-state index in [4.69, 9.17) is 4.74 Å². The summed E-state index contributed by atoms with van der Waals surface area (Å²) in [5.41, 5.74) is 1.08. The molecule has 21 heavy (non-hydrogen) atoms. The monoisotopic (exact) mass is 292 g/mol. The van der Waals surface area contributed by atoms with Crippen LogP contribution in [0.4, 0.5) is 13.2 Å². The highest BCUT2D eigenvalue weighted by atomic mass is 19.4. The first-order valence-corrected chi connectivity index (χ1v) is 6.92. The van der Waals surface area contributed by atoms with Gasteiger partial charge in [-0.1, -0.05) is 30.3 Å². The van der Waals surface area contributed by atoms with E-state index in [-0.39, 0.29) is 5.92 Å². The van der Waals surface area contributed by atoms with Gasteiger partial charge in [0.1, 0.15) is 12.4 Å². The molecule has 0 spiro atoms. The Morgan fingerprint density at radius 3 is 2.33 bits per heavy atom. The van der Waals surface area contributed by atoms with Crippen LogP contribution in [0.5, 0.6) is 5.75 Å². The summed E-state index contributed by atoms with van der Waals surface area (Å²) in [7, 11) is 0. The summed E-state index contributed by atoms with van der Waals surface area (Å²) in [6.07, 6.45) is -2.44. The average molecular weight is 292 g/mol. The van der Waals surface area contributed by atoms with Crippen LogP contribution in [-0.2, 0) is 12.8 Å². The molecular weight excluding hydrogens is 277 g/mol. The quantitative estimate of drug-likeness (QED) is 0.756. The molecule has 3 rings (SSSR count). The highest BCUT2D eigenvalue weighted by molar-refractivity contribution is 5.42. The molecule has 0 amide bonds. The first kappa shape index (κ1) is 14.0. The smallest absolute Gasteiger partial charge is 0.416 e. The minimum Gasteiger partial charge on any atom is -0.489 e.